The first-order valence-corrected chi connectivity index (χ1v) is 9.50. The molecule has 2 aromatic rings. The lowest BCUT2D eigenvalue weighted by atomic mass is 9.99. The Morgan fingerprint density at radius 1 is 1.22 bits per heavy atom. The lowest BCUT2D eigenvalue weighted by Crippen LogP contribution is -2.35. The number of hydrogen-bond acceptors (Lipinski definition) is 6. The number of nitro benzene ring substituents is 1. The Morgan fingerprint density at radius 3 is 2.70 bits per heavy atom. The van der Waals surface area contributed by atoms with Gasteiger partial charge in [0.25, 0.3) is 15.7 Å². The van der Waals surface area contributed by atoms with E-state index in [1.54, 1.807) is 18.2 Å². The number of nitrogens with one attached hydrogen (secondary N) is 1. The van der Waals surface area contributed by atoms with E-state index >= 15 is 0 Å². The molecule has 142 valence electrons. The number of nitro groups is 1. The Bertz CT molecular complexity index is 1010. The second-order valence-electron chi connectivity index (χ2n) is 5.99. The molecule has 3 rings (SSSR count). The zero-order valence-corrected chi connectivity index (χ0v) is 15.2. The molecule has 1 aliphatic rings. The Kier molecular flexibility index (Phi) is 5.00. The van der Waals surface area contributed by atoms with Gasteiger partial charge in [0.15, 0.2) is 0 Å². The number of amides is 1. The highest BCUT2D eigenvalue weighted by Gasteiger charge is 2.23. The van der Waals surface area contributed by atoms with Crippen molar-refractivity contribution in [2.24, 2.45) is 0 Å². The monoisotopic (exact) mass is 391 g/mol. The van der Waals surface area contributed by atoms with Crippen molar-refractivity contribution in [3.05, 3.63) is 63.7 Å². The molecule has 0 bridgehead atoms. The van der Waals surface area contributed by atoms with Crippen LogP contribution in [0.3, 0.4) is 0 Å². The number of fused-ring (bicyclic) bond motifs is 1. The molecule has 1 aliphatic heterocycles. The molecule has 0 aliphatic carbocycles. The summed E-state index contributed by atoms with van der Waals surface area (Å²) in [7, 11) is -2.68. The van der Waals surface area contributed by atoms with Crippen LogP contribution in [0.5, 0.6) is 0 Å². The first-order valence-electron chi connectivity index (χ1n) is 8.02. The standard InChI is InChI=1S/C17H17N3O6S/c1-26-17(21)19-8-7-12-5-6-14(9-13(12)11-19)18-27(24,25)16-4-2-3-15(10-16)20(22)23/h2-6,9-10,18H,7-8,11H2,1H3. The number of non-ortho nitro benzene ring substituents is 1. The molecule has 1 heterocycles. The number of hydrogen-bond donors (Lipinski definition) is 1. The molecule has 9 nitrogen and oxygen atoms in total. The van der Waals surface area contributed by atoms with Gasteiger partial charge in [-0.2, -0.15) is 0 Å². The first kappa shape index (κ1) is 18.6. The van der Waals surface area contributed by atoms with Crippen molar-refractivity contribution in [3.8, 4) is 0 Å². The highest BCUT2D eigenvalue weighted by Crippen LogP contribution is 2.25. The van der Waals surface area contributed by atoms with Gasteiger partial charge in [0, 0.05) is 30.9 Å². The van der Waals surface area contributed by atoms with E-state index in [0.717, 1.165) is 17.2 Å². The minimum Gasteiger partial charge on any atom is -0.453 e. The maximum absolute atomic E-state index is 12.5. The Morgan fingerprint density at radius 2 is 2.00 bits per heavy atom. The van der Waals surface area contributed by atoms with E-state index in [-0.39, 0.29) is 10.6 Å². The van der Waals surface area contributed by atoms with Gasteiger partial charge in [-0.3, -0.25) is 14.8 Å². The molecule has 0 saturated carbocycles. The van der Waals surface area contributed by atoms with Gasteiger partial charge < -0.3 is 9.64 Å². The third-order valence-electron chi connectivity index (χ3n) is 4.24. The van der Waals surface area contributed by atoms with E-state index in [9.17, 15) is 23.3 Å². The smallest absolute Gasteiger partial charge is 0.409 e. The van der Waals surface area contributed by atoms with Gasteiger partial charge in [0.1, 0.15) is 0 Å². The van der Waals surface area contributed by atoms with Gasteiger partial charge in [-0.1, -0.05) is 12.1 Å². The highest BCUT2D eigenvalue weighted by atomic mass is 32.2. The zero-order valence-electron chi connectivity index (χ0n) is 14.4. The Balaban J connectivity index is 1.85. The summed E-state index contributed by atoms with van der Waals surface area (Å²) >= 11 is 0. The normalized spacial score (nSPS) is 13.6. The van der Waals surface area contributed by atoms with Crippen molar-refractivity contribution in [1.29, 1.82) is 0 Å². The predicted octanol–water partition coefficient (Wildman–Crippen LogP) is 2.52. The number of carbonyl (C=O) groups excluding carboxylic acids is 1. The number of nitrogens with zero attached hydrogens (tertiary/aromatic N) is 2. The molecule has 0 aromatic heterocycles. The number of benzene rings is 2. The Labute approximate surface area is 155 Å². The van der Waals surface area contributed by atoms with Crippen molar-refractivity contribution < 1.29 is 22.9 Å². The molecule has 27 heavy (non-hydrogen) atoms. The van der Waals surface area contributed by atoms with Crippen LogP contribution in [0.25, 0.3) is 0 Å². The number of rotatable bonds is 4. The van der Waals surface area contributed by atoms with Gasteiger partial charge >= 0.3 is 6.09 Å². The topological polar surface area (TPSA) is 119 Å². The van der Waals surface area contributed by atoms with Crippen LogP contribution < -0.4 is 4.72 Å². The summed E-state index contributed by atoms with van der Waals surface area (Å²) in [6, 6.07) is 9.90. The first-order chi connectivity index (χ1) is 12.8. The average molecular weight is 391 g/mol. The minimum absolute atomic E-state index is 0.203. The fourth-order valence-corrected chi connectivity index (χ4v) is 3.97. The van der Waals surface area contributed by atoms with Gasteiger partial charge in [-0.25, -0.2) is 13.2 Å². The summed E-state index contributed by atoms with van der Waals surface area (Å²) in [6.45, 7) is 0.840. The van der Waals surface area contributed by atoms with Crippen molar-refractivity contribution >= 4 is 27.5 Å². The van der Waals surface area contributed by atoms with Crippen molar-refractivity contribution in [2.75, 3.05) is 18.4 Å². The Hall–Kier alpha value is -3.14. The van der Waals surface area contributed by atoms with Crippen molar-refractivity contribution in [1.82, 2.24) is 4.90 Å². The third kappa shape index (κ3) is 4.00. The maximum atomic E-state index is 12.5. The molecule has 10 heteroatoms. The lowest BCUT2D eigenvalue weighted by Gasteiger charge is -2.28. The average Bonchev–Trinajstić information content (AvgIpc) is 2.66. The molecule has 0 saturated heterocycles. The number of ether oxygens (including phenoxy) is 1. The maximum Gasteiger partial charge on any atom is 0.409 e. The summed E-state index contributed by atoms with van der Waals surface area (Å²) < 4.78 is 32.2. The molecule has 1 N–H and O–H groups in total. The molecule has 0 atom stereocenters. The molecule has 2 aromatic carbocycles. The van der Waals surface area contributed by atoms with Gasteiger partial charge in [-0.05, 0) is 35.7 Å². The fourth-order valence-electron chi connectivity index (χ4n) is 2.88. The van der Waals surface area contributed by atoms with Crippen LogP contribution in [-0.4, -0.2) is 38.0 Å². The molecular weight excluding hydrogens is 374 g/mol. The molecular formula is C17H17N3O6S. The van der Waals surface area contributed by atoms with Gasteiger partial charge in [0.2, 0.25) is 0 Å². The SMILES string of the molecule is COC(=O)N1CCc2ccc(NS(=O)(=O)c3cccc([N+](=O)[O-])c3)cc2C1. The summed E-state index contributed by atoms with van der Waals surface area (Å²) in [5.41, 5.74) is 1.84. The second kappa shape index (κ2) is 7.23. The molecule has 1 amide bonds. The van der Waals surface area contributed by atoms with E-state index < -0.39 is 21.0 Å². The van der Waals surface area contributed by atoms with E-state index in [1.165, 1.54) is 30.2 Å². The molecule has 0 fully saturated rings. The lowest BCUT2D eigenvalue weighted by molar-refractivity contribution is -0.385. The fraction of sp³-hybridized carbons (Fsp3) is 0.235. The number of methoxy groups -OCH3 is 1. The quantitative estimate of drug-likeness (QED) is 0.632. The van der Waals surface area contributed by atoms with E-state index in [4.69, 9.17) is 4.74 Å². The number of anilines is 1. The van der Waals surface area contributed by atoms with Gasteiger partial charge in [-0.15, -0.1) is 0 Å². The van der Waals surface area contributed by atoms with Crippen molar-refractivity contribution in [3.63, 3.8) is 0 Å². The van der Waals surface area contributed by atoms with Crippen LogP contribution in [0.1, 0.15) is 11.1 Å². The highest BCUT2D eigenvalue weighted by molar-refractivity contribution is 7.92. The van der Waals surface area contributed by atoms with Gasteiger partial charge in [0.05, 0.1) is 16.9 Å². The largest absolute Gasteiger partial charge is 0.453 e. The summed E-state index contributed by atoms with van der Waals surface area (Å²) in [4.78, 5) is 23.2. The molecule has 0 spiro atoms. The molecule has 0 radical (unpaired) electrons. The van der Waals surface area contributed by atoms with Crippen LogP contribution in [0.15, 0.2) is 47.4 Å². The number of sulfonamides is 1. The second-order valence-corrected chi connectivity index (χ2v) is 7.67. The van der Waals surface area contributed by atoms with Crippen LogP contribution in [0.4, 0.5) is 16.2 Å². The predicted molar refractivity (Wildman–Crippen MR) is 96.9 cm³/mol. The summed E-state index contributed by atoms with van der Waals surface area (Å²) in [6.07, 6.45) is 0.200. The minimum atomic E-state index is -3.99. The van der Waals surface area contributed by atoms with E-state index in [2.05, 4.69) is 4.72 Å². The van der Waals surface area contributed by atoms with Crippen LogP contribution in [0, 0.1) is 10.1 Å². The zero-order chi connectivity index (χ0) is 19.6. The van der Waals surface area contributed by atoms with E-state index in [0.29, 0.717) is 25.2 Å². The molecule has 0 unspecified atom stereocenters. The summed E-state index contributed by atoms with van der Waals surface area (Å²) in [5, 5.41) is 10.9. The number of carbonyl (C=O) groups is 1. The van der Waals surface area contributed by atoms with E-state index in [1.807, 2.05) is 0 Å². The van der Waals surface area contributed by atoms with Crippen LogP contribution in [0.2, 0.25) is 0 Å². The third-order valence-corrected chi connectivity index (χ3v) is 5.62. The van der Waals surface area contributed by atoms with Crippen molar-refractivity contribution in [2.45, 2.75) is 17.9 Å². The van der Waals surface area contributed by atoms with Crippen LogP contribution in [-0.2, 0) is 27.7 Å². The summed E-state index contributed by atoms with van der Waals surface area (Å²) in [5.74, 6) is 0. The van der Waals surface area contributed by atoms with Crippen LogP contribution >= 0.6 is 0 Å².